The second kappa shape index (κ2) is 7.64. The molecule has 2 N–H and O–H groups in total. The van der Waals surface area contributed by atoms with Crippen molar-refractivity contribution in [3.8, 4) is 5.75 Å². The van der Waals surface area contributed by atoms with Crippen molar-refractivity contribution in [2.45, 2.75) is 19.3 Å². The monoisotopic (exact) mass is 287 g/mol. The molecule has 4 nitrogen and oxygen atoms in total. The molecule has 0 fully saturated rings. The van der Waals surface area contributed by atoms with Crippen LogP contribution in [0.4, 0.5) is 0 Å². The fourth-order valence-electron chi connectivity index (χ4n) is 2.35. The summed E-state index contributed by atoms with van der Waals surface area (Å²) in [5.41, 5.74) is 6.85. The van der Waals surface area contributed by atoms with Gasteiger partial charge in [-0.2, -0.15) is 0 Å². The standard InChI is InChI=1S/C17H21NO3/c1-20-17(19)7-4-12-21-16-9-8-13-5-2-3-6-14(13)15(16)10-11-18/h2-3,5-6,8-9H,4,7,10-12,18H2,1H3. The summed E-state index contributed by atoms with van der Waals surface area (Å²) in [7, 11) is 1.39. The van der Waals surface area contributed by atoms with Gasteiger partial charge in [0.15, 0.2) is 0 Å². The summed E-state index contributed by atoms with van der Waals surface area (Å²) < 4.78 is 10.4. The predicted octanol–water partition coefficient (Wildman–Crippen LogP) is 2.67. The quantitative estimate of drug-likeness (QED) is 0.628. The summed E-state index contributed by atoms with van der Waals surface area (Å²) in [4.78, 5) is 11.1. The lowest BCUT2D eigenvalue weighted by molar-refractivity contribution is -0.140. The van der Waals surface area contributed by atoms with Gasteiger partial charge in [-0.05, 0) is 36.2 Å². The Balaban J connectivity index is 2.11. The molecule has 0 spiro atoms. The number of carbonyl (C=O) groups is 1. The lowest BCUT2D eigenvalue weighted by Gasteiger charge is -2.13. The first kappa shape index (κ1) is 15.3. The van der Waals surface area contributed by atoms with Crippen LogP contribution in [-0.2, 0) is 16.0 Å². The minimum absolute atomic E-state index is 0.209. The number of methoxy groups -OCH3 is 1. The van der Waals surface area contributed by atoms with Crippen molar-refractivity contribution in [2.24, 2.45) is 5.73 Å². The van der Waals surface area contributed by atoms with Crippen LogP contribution in [0.1, 0.15) is 18.4 Å². The van der Waals surface area contributed by atoms with Crippen molar-refractivity contribution in [1.82, 2.24) is 0 Å². The van der Waals surface area contributed by atoms with E-state index in [4.69, 9.17) is 10.5 Å². The fourth-order valence-corrected chi connectivity index (χ4v) is 2.35. The van der Waals surface area contributed by atoms with E-state index in [2.05, 4.69) is 16.9 Å². The van der Waals surface area contributed by atoms with E-state index in [1.54, 1.807) is 0 Å². The lowest BCUT2D eigenvalue weighted by atomic mass is 10.0. The third kappa shape index (κ3) is 3.95. The van der Waals surface area contributed by atoms with Gasteiger partial charge in [0.05, 0.1) is 13.7 Å². The van der Waals surface area contributed by atoms with Gasteiger partial charge < -0.3 is 15.2 Å². The summed E-state index contributed by atoms with van der Waals surface area (Å²) in [5.74, 6) is 0.642. The van der Waals surface area contributed by atoms with Gasteiger partial charge in [-0.3, -0.25) is 4.79 Å². The molecule has 112 valence electrons. The van der Waals surface area contributed by atoms with Crippen molar-refractivity contribution >= 4 is 16.7 Å². The Morgan fingerprint density at radius 2 is 2.00 bits per heavy atom. The highest BCUT2D eigenvalue weighted by atomic mass is 16.5. The lowest BCUT2D eigenvalue weighted by Crippen LogP contribution is -2.08. The molecule has 0 amide bonds. The number of hydrogen-bond acceptors (Lipinski definition) is 4. The molecular weight excluding hydrogens is 266 g/mol. The van der Waals surface area contributed by atoms with Crippen molar-refractivity contribution in [3.63, 3.8) is 0 Å². The third-order valence-corrected chi connectivity index (χ3v) is 3.40. The van der Waals surface area contributed by atoms with E-state index in [0.717, 1.165) is 17.7 Å². The third-order valence-electron chi connectivity index (χ3n) is 3.40. The molecule has 0 aliphatic carbocycles. The van der Waals surface area contributed by atoms with Crippen LogP contribution in [0.2, 0.25) is 0 Å². The first-order valence-corrected chi connectivity index (χ1v) is 7.16. The predicted molar refractivity (Wildman–Crippen MR) is 83.5 cm³/mol. The van der Waals surface area contributed by atoms with Gasteiger partial charge in [0, 0.05) is 12.0 Å². The topological polar surface area (TPSA) is 61.5 Å². The summed E-state index contributed by atoms with van der Waals surface area (Å²) in [6.07, 6.45) is 1.78. The molecule has 21 heavy (non-hydrogen) atoms. The molecule has 2 aromatic carbocycles. The molecule has 0 bridgehead atoms. The van der Waals surface area contributed by atoms with E-state index in [-0.39, 0.29) is 5.97 Å². The van der Waals surface area contributed by atoms with Crippen LogP contribution in [0.5, 0.6) is 5.75 Å². The highest BCUT2D eigenvalue weighted by molar-refractivity contribution is 5.87. The Morgan fingerprint density at radius 1 is 1.19 bits per heavy atom. The summed E-state index contributed by atoms with van der Waals surface area (Å²) in [6.45, 7) is 1.07. The average Bonchev–Trinajstić information content (AvgIpc) is 2.53. The number of ether oxygens (including phenoxy) is 2. The number of nitrogens with two attached hydrogens (primary N) is 1. The van der Waals surface area contributed by atoms with Crippen molar-refractivity contribution in [1.29, 1.82) is 0 Å². The molecule has 2 aromatic rings. The van der Waals surface area contributed by atoms with E-state index in [1.165, 1.54) is 17.9 Å². The van der Waals surface area contributed by atoms with Crippen LogP contribution >= 0.6 is 0 Å². The zero-order chi connectivity index (χ0) is 15.1. The van der Waals surface area contributed by atoms with Gasteiger partial charge in [-0.25, -0.2) is 0 Å². The second-order valence-corrected chi connectivity index (χ2v) is 4.83. The van der Waals surface area contributed by atoms with Crippen LogP contribution in [0.3, 0.4) is 0 Å². The van der Waals surface area contributed by atoms with Crippen LogP contribution in [0.15, 0.2) is 36.4 Å². The normalized spacial score (nSPS) is 10.6. The van der Waals surface area contributed by atoms with Crippen LogP contribution < -0.4 is 10.5 Å². The molecule has 0 unspecified atom stereocenters. The van der Waals surface area contributed by atoms with Gasteiger partial charge in [0.1, 0.15) is 5.75 Å². The summed E-state index contributed by atoms with van der Waals surface area (Å²) in [5, 5.41) is 2.36. The van der Waals surface area contributed by atoms with Crippen LogP contribution in [0.25, 0.3) is 10.8 Å². The molecule has 0 atom stereocenters. The maximum Gasteiger partial charge on any atom is 0.305 e. The fraction of sp³-hybridized carbons (Fsp3) is 0.353. The SMILES string of the molecule is COC(=O)CCCOc1ccc2ccccc2c1CCN. The average molecular weight is 287 g/mol. The highest BCUT2D eigenvalue weighted by Crippen LogP contribution is 2.28. The van der Waals surface area contributed by atoms with E-state index >= 15 is 0 Å². The molecule has 0 saturated heterocycles. The first-order valence-electron chi connectivity index (χ1n) is 7.16. The van der Waals surface area contributed by atoms with Crippen LogP contribution in [0, 0.1) is 0 Å². The molecule has 0 heterocycles. The molecule has 0 radical (unpaired) electrons. The zero-order valence-corrected chi connectivity index (χ0v) is 12.3. The molecule has 0 aliphatic heterocycles. The molecule has 0 saturated carbocycles. The Labute approximate surface area is 124 Å². The summed E-state index contributed by atoms with van der Waals surface area (Å²) >= 11 is 0. The molecule has 0 aromatic heterocycles. The van der Waals surface area contributed by atoms with Crippen LogP contribution in [-0.4, -0.2) is 26.2 Å². The molecule has 2 rings (SSSR count). The number of hydrogen-bond donors (Lipinski definition) is 1. The summed E-state index contributed by atoms with van der Waals surface area (Å²) in [6, 6.07) is 12.2. The maximum absolute atomic E-state index is 11.1. The Kier molecular flexibility index (Phi) is 5.58. The Morgan fingerprint density at radius 3 is 2.76 bits per heavy atom. The minimum atomic E-state index is -0.209. The van der Waals surface area contributed by atoms with Gasteiger partial charge in [0.25, 0.3) is 0 Å². The number of benzene rings is 2. The number of esters is 1. The van der Waals surface area contributed by atoms with Gasteiger partial charge in [-0.1, -0.05) is 30.3 Å². The molecule has 0 aliphatic rings. The minimum Gasteiger partial charge on any atom is -0.493 e. The van der Waals surface area contributed by atoms with Gasteiger partial charge >= 0.3 is 5.97 Å². The highest BCUT2D eigenvalue weighted by Gasteiger charge is 2.08. The Bertz CT molecular complexity index is 610. The van der Waals surface area contributed by atoms with Crippen molar-refractivity contribution in [3.05, 3.63) is 42.0 Å². The van der Waals surface area contributed by atoms with Crippen molar-refractivity contribution in [2.75, 3.05) is 20.3 Å². The molecular formula is C17H21NO3. The van der Waals surface area contributed by atoms with Crippen molar-refractivity contribution < 1.29 is 14.3 Å². The number of rotatable bonds is 7. The van der Waals surface area contributed by atoms with Gasteiger partial charge in [-0.15, -0.1) is 0 Å². The largest absolute Gasteiger partial charge is 0.493 e. The van der Waals surface area contributed by atoms with Gasteiger partial charge in [0.2, 0.25) is 0 Å². The second-order valence-electron chi connectivity index (χ2n) is 4.83. The Hall–Kier alpha value is -2.07. The number of fused-ring (bicyclic) bond motifs is 1. The van der Waals surface area contributed by atoms with E-state index in [9.17, 15) is 4.79 Å². The maximum atomic E-state index is 11.1. The van der Waals surface area contributed by atoms with E-state index in [0.29, 0.717) is 26.0 Å². The number of carbonyl (C=O) groups excluding carboxylic acids is 1. The molecule has 4 heteroatoms. The van der Waals surface area contributed by atoms with E-state index < -0.39 is 0 Å². The smallest absolute Gasteiger partial charge is 0.305 e. The zero-order valence-electron chi connectivity index (χ0n) is 12.3. The van der Waals surface area contributed by atoms with E-state index in [1.807, 2.05) is 24.3 Å². The first-order chi connectivity index (χ1) is 10.3.